The number of nitrogens with one attached hydrogen (secondary N) is 4. The van der Waals surface area contributed by atoms with Crippen LogP contribution >= 0.6 is 0 Å². The van der Waals surface area contributed by atoms with E-state index >= 15 is 0 Å². The second-order valence-corrected chi connectivity index (χ2v) is 7.81. The van der Waals surface area contributed by atoms with Gasteiger partial charge in [-0.05, 0) is 56.5 Å². The molecular weight excluding hydrogens is 366 g/mol. The zero-order valence-corrected chi connectivity index (χ0v) is 17.0. The molecule has 2 aromatic carbocycles. The highest BCUT2D eigenvalue weighted by Gasteiger charge is 2.24. The van der Waals surface area contributed by atoms with Crippen LogP contribution < -0.4 is 16.2 Å². The molecule has 0 radical (unpaired) electrons. The zero-order chi connectivity index (χ0) is 20.4. The molecule has 1 aliphatic heterocycles. The Hall–Kier alpha value is -2.74. The van der Waals surface area contributed by atoms with Crippen molar-refractivity contribution in [3.8, 4) is 0 Å². The standard InChI is InChI=1S/C22H27N5O2/c1-13-4-6-17(16(8-13)19-10-15(3)26-27-19)25-22(28)12-29-11-21-23-18-7-5-14(2)9-20(18)24-21/h4-9,15,19,26-27H,10-12H2,1-3H3,(H,23,24)(H,25,28). The summed E-state index contributed by atoms with van der Waals surface area (Å²) in [7, 11) is 0. The molecule has 7 nitrogen and oxygen atoms in total. The fourth-order valence-electron chi connectivity index (χ4n) is 3.67. The van der Waals surface area contributed by atoms with Gasteiger partial charge in [0.2, 0.25) is 5.91 Å². The molecule has 0 spiro atoms. The van der Waals surface area contributed by atoms with E-state index in [-0.39, 0.29) is 25.2 Å². The molecule has 0 bridgehead atoms. The number of ether oxygens (including phenoxy) is 1. The highest BCUT2D eigenvalue weighted by molar-refractivity contribution is 5.92. The van der Waals surface area contributed by atoms with Crippen molar-refractivity contribution in [3.05, 3.63) is 58.9 Å². The Morgan fingerprint density at radius 2 is 1.97 bits per heavy atom. The van der Waals surface area contributed by atoms with Crippen LogP contribution in [-0.2, 0) is 16.1 Å². The Labute approximate surface area is 170 Å². The van der Waals surface area contributed by atoms with Crippen molar-refractivity contribution in [1.82, 2.24) is 20.8 Å². The maximum Gasteiger partial charge on any atom is 0.250 e. The predicted octanol–water partition coefficient (Wildman–Crippen LogP) is 3.26. The van der Waals surface area contributed by atoms with Gasteiger partial charge in [0.25, 0.3) is 0 Å². The van der Waals surface area contributed by atoms with E-state index < -0.39 is 0 Å². The summed E-state index contributed by atoms with van der Waals surface area (Å²) in [6, 6.07) is 12.7. The molecule has 1 fully saturated rings. The molecule has 0 aliphatic carbocycles. The van der Waals surface area contributed by atoms with Crippen molar-refractivity contribution in [3.63, 3.8) is 0 Å². The number of H-pyrrole nitrogens is 1. The van der Waals surface area contributed by atoms with E-state index in [1.165, 1.54) is 5.56 Å². The fraction of sp³-hybridized carbons (Fsp3) is 0.364. The lowest BCUT2D eigenvalue weighted by Gasteiger charge is -2.17. The van der Waals surface area contributed by atoms with E-state index in [2.05, 4.69) is 46.1 Å². The largest absolute Gasteiger partial charge is 0.364 e. The molecule has 4 N–H and O–H groups in total. The maximum absolute atomic E-state index is 12.4. The Morgan fingerprint density at radius 3 is 2.76 bits per heavy atom. The van der Waals surface area contributed by atoms with E-state index in [0.717, 1.165) is 34.3 Å². The van der Waals surface area contributed by atoms with E-state index in [9.17, 15) is 4.79 Å². The molecule has 1 saturated heterocycles. The predicted molar refractivity (Wildman–Crippen MR) is 113 cm³/mol. The van der Waals surface area contributed by atoms with Gasteiger partial charge in [-0.3, -0.25) is 10.2 Å². The molecule has 3 aromatic rings. The molecule has 4 rings (SSSR count). The average molecular weight is 393 g/mol. The fourth-order valence-corrected chi connectivity index (χ4v) is 3.67. The van der Waals surface area contributed by atoms with Crippen LogP contribution in [0.3, 0.4) is 0 Å². The molecule has 1 aliphatic rings. The number of imidazole rings is 1. The summed E-state index contributed by atoms with van der Waals surface area (Å²) in [6.07, 6.45) is 0.967. The Morgan fingerprint density at radius 1 is 1.17 bits per heavy atom. The molecule has 0 saturated carbocycles. The van der Waals surface area contributed by atoms with Crippen LogP contribution in [0.4, 0.5) is 5.69 Å². The summed E-state index contributed by atoms with van der Waals surface area (Å²) < 4.78 is 5.59. The number of anilines is 1. The normalized spacial score (nSPS) is 19.0. The number of aromatic nitrogens is 2. The quantitative estimate of drug-likeness (QED) is 0.516. The number of aromatic amines is 1. The highest BCUT2D eigenvalue weighted by atomic mass is 16.5. The molecule has 2 unspecified atom stereocenters. The van der Waals surface area contributed by atoms with Crippen molar-refractivity contribution >= 4 is 22.6 Å². The van der Waals surface area contributed by atoms with Crippen molar-refractivity contribution in [1.29, 1.82) is 0 Å². The van der Waals surface area contributed by atoms with Crippen LogP contribution in [0, 0.1) is 13.8 Å². The van der Waals surface area contributed by atoms with Gasteiger partial charge >= 0.3 is 0 Å². The van der Waals surface area contributed by atoms with Gasteiger partial charge in [0.05, 0.1) is 11.0 Å². The van der Waals surface area contributed by atoms with Gasteiger partial charge in [0, 0.05) is 17.8 Å². The molecule has 1 aromatic heterocycles. The minimum absolute atomic E-state index is 0.0316. The smallest absolute Gasteiger partial charge is 0.250 e. The van der Waals surface area contributed by atoms with Crippen LogP contribution in [0.25, 0.3) is 11.0 Å². The summed E-state index contributed by atoms with van der Waals surface area (Å²) in [4.78, 5) is 20.2. The lowest BCUT2D eigenvalue weighted by molar-refractivity contribution is -0.121. The number of carbonyl (C=O) groups excluding carboxylic acids is 1. The summed E-state index contributed by atoms with van der Waals surface area (Å²) in [5.74, 6) is 0.533. The van der Waals surface area contributed by atoms with Crippen LogP contribution in [0.15, 0.2) is 36.4 Å². The number of hydrogen-bond acceptors (Lipinski definition) is 5. The first-order valence-electron chi connectivity index (χ1n) is 9.92. The SMILES string of the molecule is Cc1ccc(NC(=O)COCc2nc3ccc(C)cc3[nH]2)c(C2CC(C)NN2)c1. The highest BCUT2D eigenvalue weighted by Crippen LogP contribution is 2.29. The molecule has 7 heteroatoms. The Kier molecular flexibility index (Phi) is 5.62. The lowest BCUT2D eigenvalue weighted by Crippen LogP contribution is -2.29. The lowest BCUT2D eigenvalue weighted by atomic mass is 9.99. The minimum atomic E-state index is -0.180. The topological polar surface area (TPSA) is 91.1 Å². The third-order valence-electron chi connectivity index (χ3n) is 5.11. The first-order chi connectivity index (χ1) is 14.0. The van der Waals surface area contributed by atoms with Gasteiger partial charge in [-0.15, -0.1) is 0 Å². The average Bonchev–Trinajstić information content (AvgIpc) is 3.28. The van der Waals surface area contributed by atoms with Crippen LogP contribution in [0.1, 0.15) is 41.9 Å². The molecular formula is C22H27N5O2. The zero-order valence-electron chi connectivity index (χ0n) is 17.0. The van der Waals surface area contributed by atoms with Crippen molar-refractivity contribution in [2.24, 2.45) is 0 Å². The number of benzene rings is 2. The number of nitrogens with zero attached hydrogens (tertiary/aromatic N) is 1. The van der Waals surface area contributed by atoms with Gasteiger partial charge < -0.3 is 15.0 Å². The minimum Gasteiger partial charge on any atom is -0.364 e. The van der Waals surface area contributed by atoms with Gasteiger partial charge in [-0.25, -0.2) is 10.4 Å². The van der Waals surface area contributed by atoms with E-state index in [1.807, 2.05) is 37.3 Å². The van der Waals surface area contributed by atoms with Crippen molar-refractivity contribution in [2.45, 2.75) is 45.9 Å². The van der Waals surface area contributed by atoms with E-state index in [1.54, 1.807) is 0 Å². The van der Waals surface area contributed by atoms with Crippen LogP contribution in [-0.4, -0.2) is 28.5 Å². The van der Waals surface area contributed by atoms with Crippen molar-refractivity contribution < 1.29 is 9.53 Å². The summed E-state index contributed by atoms with van der Waals surface area (Å²) in [5.41, 5.74) is 12.6. The first kappa shape index (κ1) is 19.6. The molecule has 152 valence electrons. The number of fused-ring (bicyclic) bond motifs is 1. The maximum atomic E-state index is 12.4. The third kappa shape index (κ3) is 4.64. The van der Waals surface area contributed by atoms with E-state index in [4.69, 9.17) is 4.74 Å². The number of aryl methyl sites for hydroxylation is 2. The second-order valence-electron chi connectivity index (χ2n) is 7.81. The number of carbonyl (C=O) groups is 1. The summed E-state index contributed by atoms with van der Waals surface area (Å²) >= 11 is 0. The number of rotatable bonds is 6. The number of amides is 1. The molecule has 1 amide bonds. The monoisotopic (exact) mass is 393 g/mol. The van der Waals surface area contributed by atoms with Gasteiger partial charge in [0.1, 0.15) is 19.0 Å². The molecule has 29 heavy (non-hydrogen) atoms. The van der Waals surface area contributed by atoms with Crippen LogP contribution in [0.2, 0.25) is 0 Å². The molecule has 2 heterocycles. The van der Waals surface area contributed by atoms with E-state index in [0.29, 0.717) is 11.9 Å². The third-order valence-corrected chi connectivity index (χ3v) is 5.11. The van der Waals surface area contributed by atoms with Gasteiger partial charge in [0.15, 0.2) is 0 Å². The summed E-state index contributed by atoms with van der Waals surface area (Å²) in [5, 5.41) is 2.99. The number of hydrazine groups is 1. The first-order valence-corrected chi connectivity index (χ1v) is 9.92. The Balaban J connectivity index is 1.36. The second kappa shape index (κ2) is 8.32. The van der Waals surface area contributed by atoms with Crippen molar-refractivity contribution in [2.75, 3.05) is 11.9 Å². The Bertz CT molecular complexity index is 1030. The molecule has 2 atom stereocenters. The summed E-state index contributed by atoms with van der Waals surface area (Å²) in [6.45, 7) is 6.45. The van der Waals surface area contributed by atoms with Gasteiger partial charge in [-0.2, -0.15) is 0 Å². The van der Waals surface area contributed by atoms with Crippen LogP contribution in [0.5, 0.6) is 0 Å². The number of hydrogen-bond donors (Lipinski definition) is 4. The van der Waals surface area contributed by atoms with Gasteiger partial charge in [-0.1, -0.05) is 23.8 Å².